The van der Waals surface area contributed by atoms with Crippen molar-refractivity contribution in [3.8, 4) is 0 Å². The fraction of sp³-hybridized carbons (Fsp3) is 0.529. The van der Waals surface area contributed by atoms with E-state index >= 15 is 0 Å². The third kappa shape index (κ3) is 4.78. The maximum atomic E-state index is 12.5. The van der Waals surface area contributed by atoms with Crippen LogP contribution >= 0.6 is 15.9 Å². The highest BCUT2D eigenvalue weighted by Gasteiger charge is 2.17. The maximum Gasteiger partial charge on any atom is 0.270 e. The average Bonchev–Trinajstić information content (AvgIpc) is 2.91. The number of imidazole rings is 1. The van der Waals surface area contributed by atoms with E-state index in [1.54, 1.807) is 0 Å². The molecule has 6 heteroatoms. The largest absolute Gasteiger partial charge is 0.381 e. The van der Waals surface area contributed by atoms with Crippen molar-refractivity contribution in [1.29, 1.82) is 0 Å². The van der Waals surface area contributed by atoms with Crippen molar-refractivity contribution >= 4 is 27.5 Å². The summed E-state index contributed by atoms with van der Waals surface area (Å²) >= 11 is 3.44. The molecule has 0 atom stereocenters. The molecule has 1 N–H and O–H groups in total. The van der Waals surface area contributed by atoms with Crippen molar-refractivity contribution in [3.63, 3.8) is 0 Å². The van der Waals surface area contributed by atoms with E-state index in [1.165, 1.54) is 0 Å². The normalized spacial score (nSPS) is 11.1. The molecule has 2 aromatic heterocycles. The second-order valence-electron chi connectivity index (χ2n) is 5.41. The van der Waals surface area contributed by atoms with Gasteiger partial charge in [-0.15, -0.1) is 0 Å². The number of aromatic nitrogens is 2. The summed E-state index contributed by atoms with van der Waals surface area (Å²) in [7, 11) is 0. The zero-order chi connectivity index (χ0) is 16.7. The Morgan fingerprint density at radius 2 is 2.09 bits per heavy atom. The first-order valence-electron chi connectivity index (χ1n) is 8.19. The predicted molar refractivity (Wildman–Crippen MR) is 94.9 cm³/mol. The first kappa shape index (κ1) is 17.9. The Morgan fingerprint density at radius 3 is 2.83 bits per heavy atom. The summed E-state index contributed by atoms with van der Waals surface area (Å²) in [4.78, 5) is 17.0. The van der Waals surface area contributed by atoms with Gasteiger partial charge in [0.25, 0.3) is 5.91 Å². The smallest absolute Gasteiger partial charge is 0.270 e. The molecule has 5 nitrogen and oxygen atoms in total. The lowest BCUT2D eigenvalue weighted by Crippen LogP contribution is -2.27. The Balaban J connectivity index is 1.96. The van der Waals surface area contributed by atoms with E-state index < -0.39 is 0 Å². The molecule has 0 aliphatic heterocycles. The third-order valence-electron chi connectivity index (χ3n) is 3.60. The Labute approximate surface area is 145 Å². The van der Waals surface area contributed by atoms with E-state index in [0.29, 0.717) is 18.8 Å². The van der Waals surface area contributed by atoms with Crippen LogP contribution in [0, 0.1) is 0 Å². The van der Waals surface area contributed by atoms with Gasteiger partial charge in [-0.25, -0.2) is 4.98 Å². The van der Waals surface area contributed by atoms with Crippen LogP contribution in [-0.2, 0) is 11.2 Å². The molecule has 0 aromatic carbocycles. The number of fused-ring (bicyclic) bond motifs is 1. The van der Waals surface area contributed by atoms with Crippen LogP contribution in [0.1, 0.15) is 49.3 Å². The number of rotatable bonds is 9. The number of ether oxygens (including phenoxy) is 1. The Hall–Kier alpha value is -1.40. The van der Waals surface area contributed by atoms with Gasteiger partial charge in [-0.05, 0) is 47.3 Å². The molecule has 0 saturated carbocycles. The number of hydrogen-bond acceptors (Lipinski definition) is 3. The number of hydrogen-bond donors (Lipinski definition) is 1. The lowest BCUT2D eigenvalue weighted by molar-refractivity contribution is 0.0933. The van der Waals surface area contributed by atoms with E-state index in [0.717, 1.165) is 48.1 Å². The maximum absolute atomic E-state index is 12.5. The van der Waals surface area contributed by atoms with Crippen molar-refractivity contribution in [2.75, 3.05) is 19.8 Å². The Kier molecular flexibility index (Phi) is 7.05. The van der Waals surface area contributed by atoms with Gasteiger partial charge in [-0.1, -0.05) is 20.3 Å². The summed E-state index contributed by atoms with van der Waals surface area (Å²) in [5.74, 6) is -0.0824. The Morgan fingerprint density at radius 1 is 1.30 bits per heavy atom. The van der Waals surface area contributed by atoms with Crippen LogP contribution in [0.4, 0.5) is 0 Å². The first-order valence-corrected chi connectivity index (χ1v) is 8.99. The van der Waals surface area contributed by atoms with Gasteiger partial charge in [0.1, 0.15) is 11.3 Å². The van der Waals surface area contributed by atoms with Crippen LogP contribution < -0.4 is 5.32 Å². The highest BCUT2D eigenvalue weighted by Crippen LogP contribution is 2.17. The number of nitrogens with zero attached hydrogens (tertiary/aromatic N) is 2. The predicted octanol–water partition coefficient (Wildman–Crippen LogP) is 3.60. The van der Waals surface area contributed by atoms with Gasteiger partial charge < -0.3 is 10.1 Å². The SMILES string of the molecule is CCCCOCCCNC(=O)c1c(CC)nc2ccc(Br)cn12. The summed E-state index contributed by atoms with van der Waals surface area (Å²) in [6.45, 7) is 6.24. The lowest BCUT2D eigenvalue weighted by Gasteiger charge is -2.07. The first-order chi connectivity index (χ1) is 11.2. The summed E-state index contributed by atoms with van der Waals surface area (Å²) < 4.78 is 8.27. The van der Waals surface area contributed by atoms with Crippen LogP contribution in [-0.4, -0.2) is 35.1 Å². The number of carbonyl (C=O) groups excluding carboxylic acids is 1. The molecule has 0 spiro atoms. The minimum absolute atomic E-state index is 0.0824. The molecule has 2 rings (SSSR count). The molecular formula is C17H24BrN3O2. The molecule has 0 radical (unpaired) electrons. The van der Waals surface area contributed by atoms with E-state index in [2.05, 4.69) is 33.2 Å². The third-order valence-corrected chi connectivity index (χ3v) is 4.07. The fourth-order valence-corrected chi connectivity index (χ4v) is 2.70. The standard InChI is InChI=1S/C17H24BrN3O2/c1-3-5-10-23-11-6-9-19-17(22)16-14(4-2)20-15-8-7-13(18)12-21(15)16/h7-8,12H,3-6,9-11H2,1-2H3,(H,19,22). The number of aryl methyl sites for hydroxylation is 1. The van der Waals surface area contributed by atoms with E-state index in [-0.39, 0.29) is 5.91 Å². The van der Waals surface area contributed by atoms with Crippen LogP contribution in [0.15, 0.2) is 22.8 Å². The molecule has 0 bridgehead atoms. The second kappa shape index (κ2) is 9.03. The van der Waals surface area contributed by atoms with Crippen molar-refractivity contribution in [2.45, 2.75) is 39.5 Å². The quantitative estimate of drug-likeness (QED) is 0.675. The molecule has 1 amide bonds. The van der Waals surface area contributed by atoms with Gasteiger partial charge in [-0.2, -0.15) is 0 Å². The number of amides is 1. The molecule has 2 aromatic rings. The summed E-state index contributed by atoms with van der Waals surface area (Å²) in [6.07, 6.45) is 5.65. The number of unbranched alkanes of at least 4 members (excludes halogenated alkanes) is 1. The number of nitrogens with one attached hydrogen (secondary N) is 1. The minimum atomic E-state index is -0.0824. The van der Waals surface area contributed by atoms with Gasteiger partial charge in [0.2, 0.25) is 0 Å². The molecule has 0 aliphatic carbocycles. The van der Waals surface area contributed by atoms with Crippen LogP contribution in [0.25, 0.3) is 5.65 Å². The lowest BCUT2D eigenvalue weighted by atomic mass is 10.2. The molecular weight excluding hydrogens is 358 g/mol. The Bertz CT molecular complexity index is 655. The molecule has 0 saturated heterocycles. The summed E-state index contributed by atoms with van der Waals surface area (Å²) in [5.41, 5.74) is 2.23. The highest BCUT2D eigenvalue weighted by molar-refractivity contribution is 9.10. The van der Waals surface area contributed by atoms with Gasteiger partial charge in [-0.3, -0.25) is 9.20 Å². The van der Waals surface area contributed by atoms with Gasteiger partial charge in [0, 0.05) is 30.4 Å². The number of halogens is 1. The molecule has 2 heterocycles. The monoisotopic (exact) mass is 381 g/mol. The molecule has 126 valence electrons. The molecule has 23 heavy (non-hydrogen) atoms. The molecule has 0 unspecified atom stereocenters. The second-order valence-corrected chi connectivity index (χ2v) is 6.33. The van der Waals surface area contributed by atoms with Crippen LogP contribution in [0.2, 0.25) is 0 Å². The van der Waals surface area contributed by atoms with Crippen LogP contribution in [0.3, 0.4) is 0 Å². The number of carbonyl (C=O) groups is 1. The van der Waals surface area contributed by atoms with Gasteiger partial charge in [0.15, 0.2) is 0 Å². The van der Waals surface area contributed by atoms with Crippen molar-refractivity contribution in [2.24, 2.45) is 0 Å². The van der Waals surface area contributed by atoms with Gasteiger partial charge >= 0.3 is 0 Å². The fourth-order valence-electron chi connectivity index (χ4n) is 2.36. The van der Waals surface area contributed by atoms with Crippen LogP contribution in [0.5, 0.6) is 0 Å². The van der Waals surface area contributed by atoms with Crippen molar-refractivity contribution in [1.82, 2.24) is 14.7 Å². The van der Waals surface area contributed by atoms with E-state index in [9.17, 15) is 4.79 Å². The summed E-state index contributed by atoms with van der Waals surface area (Å²) in [6, 6.07) is 3.83. The number of pyridine rings is 1. The molecule has 0 fully saturated rings. The van der Waals surface area contributed by atoms with Crippen molar-refractivity contribution < 1.29 is 9.53 Å². The van der Waals surface area contributed by atoms with Crippen molar-refractivity contribution in [3.05, 3.63) is 34.2 Å². The zero-order valence-corrected chi connectivity index (χ0v) is 15.4. The topological polar surface area (TPSA) is 55.6 Å². The zero-order valence-electron chi connectivity index (χ0n) is 13.8. The minimum Gasteiger partial charge on any atom is -0.381 e. The average molecular weight is 382 g/mol. The molecule has 0 aliphatic rings. The highest BCUT2D eigenvalue weighted by atomic mass is 79.9. The van der Waals surface area contributed by atoms with E-state index in [4.69, 9.17) is 4.74 Å². The van der Waals surface area contributed by atoms with Gasteiger partial charge in [0.05, 0.1) is 5.69 Å². The van der Waals surface area contributed by atoms with E-state index in [1.807, 2.05) is 29.7 Å². The summed E-state index contributed by atoms with van der Waals surface area (Å²) in [5, 5.41) is 2.97.